The number of hydrogen-bond donors (Lipinski definition) is 0. The van der Waals surface area contributed by atoms with E-state index in [2.05, 4.69) is 45.0 Å². The first kappa shape index (κ1) is 12.9. The molecule has 2 aromatic rings. The van der Waals surface area contributed by atoms with Gasteiger partial charge in [0, 0.05) is 37.7 Å². The Balaban J connectivity index is 1.35. The number of benzene rings is 1. The van der Waals surface area contributed by atoms with Gasteiger partial charge >= 0.3 is 0 Å². The molecule has 5 rings (SSSR count). The lowest BCUT2D eigenvalue weighted by Gasteiger charge is -2.19. The quantitative estimate of drug-likeness (QED) is 0.871. The SMILES string of the molecule is c1ccc(-n2nccc2CN2C[C@@H]3[C@H](C2)[C@H]2CC[C@@H]3O2)cc1. The van der Waals surface area contributed by atoms with Crippen molar-refractivity contribution < 1.29 is 4.74 Å². The molecular weight excluding hydrogens is 274 g/mol. The molecule has 0 saturated carbocycles. The van der Waals surface area contributed by atoms with Crippen LogP contribution in [0.25, 0.3) is 5.69 Å². The summed E-state index contributed by atoms with van der Waals surface area (Å²) in [5.74, 6) is 1.54. The molecular formula is C18H21N3O. The zero-order valence-corrected chi connectivity index (χ0v) is 12.6. The first-order valence-electron chi connectivity index (χ1n) is 8.34. The molecule has 4 atom stereocenters. The average Bonchev–Trinajstić information content (AvgIpc) is 3.30. The fourth-order valence-electron chi connectivity index (χ4n) is 4.66. The van der Waals surface area contributed by atoms with E-state index in [1.165, 1.54) is 31.6 Å². The van der Waals surface area contributed by atoms with E-state index in [0.29, 0.717) is 12.2 Å². The Hall–Kier alpha value is -1.65. The molecule has 3 saturated heterocycles. The molecule has 4 heterocycles. The largest absolute Gasteiger partial charge is 0.374 e. The number of rotatable bonds is 3. The summed E-state index contributed by atoms with van der Waals surface area (Å²) < 4.78 is 8.14. The molecule has 2 bridgehead atoms. The van der Waals surface area contributed by atoms with Crippen LogP contribution in [0.1, 0.15) is 18.5 Å². The standard InChI is InChI=1S/C18H21N3O/c1-2-4-13(5-3-1)21-14(8-9-19-21)10-20-11-15-16(12-20)18-7-6-17(15)22-18/h1-5,8-9,15-18H,6-7,10-12H2/t15-,16+,17+,18-. The van der Waals surface area contributed by atoms with Crippen molar-refractivity contribution in [2.24, 2.45) is 11.8 Å². The molecule has 1 aromatic carbocycles. The Morgan fingerprint density at radius 1 is 1.00 bits per heavy atom. The Morgan fingerprint density at radius 2 is 1.73 bits per heavy atom. The van der Waals surface area contributed by atoms with Crippen molar-refractivity contribution in [1.82, 2.24) is 14.7 Å². The Bertz CT molecular complexity index is 650. The second-order valence-corrected chi connectivity index (χ2v) is 6.88. The van der Waals surface area contributed by atoms with Gasteiger partial charge in [-0.25, -0.2) is 4.68 Å². The second-order valence-electron chi connectivity index (χ2n) is 6.88. The van der Waals surface area contributed by atoms with Crippen molar-refractivity contribution >= 4 is 0 Å². The number of nitrogens with zero attached hydrogens (tertiary/aromatic N) is 3. The number of fused-ring (bicyclic) bond motifs is 5. The summed E-state index contributed by atoms with van der Waals surface area (Å²) in [5, 5.41) is 4.51. The van der Waals surface area contributed by atoms with Gasteiger partial charge in [-0.1, -0.05) is 18.2 Å². The Labute approximate surface area is 130 Å². The molecule has 1 aromatic heterocycles. The molecule has 0 unspecified atom stereocenters. The van der Waals surface area contributed by atoms with Gasteiger partial charge in [-0.2, -0.15) is 5.10 Å². The highest BCUT2D eigenvalue weighted by molar-refractivity contribution is 5.32. The monoisotopic (exact) mass is 295 g/mol. The van der Waals surface area contributed by atoms with Gasteiger partial charge in [0.15, 0.2) is 0 Å². The first-order valence-corrected chi connectivity index (χ1v) is 8.34. The van der Waals surface area contributed by atoms with E-state index in [4.69, 9.17) is 4.74 Å². The lowest BCUT2D eigenvalue weighted by molar-refractivity contribution is 0.0694. The maximum Gasteiger partial charge on any atom is 0.0649 e. The summed E-state index contributed by atoms with van der Waals surface area (Å²) in [4.78, 5) is 2.60. The van der Waals surface area contributed by atoms with Crippen molar-refractivity contribution in [3.8, 4) is 5.69 Å². The van der Waals surface area contributed by atoms with E-state index in [-0.39, 0.29) is 0 Å². The number of likely N-dealkylation sites (tertiary alicyclic amines) is 1. The van der Waals surface area contributed by atoms with Crippen molar-refractivity contribution in [1.29, 1.82) is 0 Å². The second kappa shape index (κ2) is 4.93. The minimum atomic E-state index is 0.541. The van der Waals surface area contributed by atoms with Gasteiger partial charge < -0.3 is 4.74 Å². The predicted molar refractivity (Wildman–Crippen MR) is 83.7 cm³/mol. The Kier molecular flexibility index (Phi) is 2.88. The fraction of sp³-hybridized carbons (Fsp3) is 0.500. The third-order valence-corrected chi connectivity index (χ3v) is 5.64. The van der Waals surface area contributed by atoms with Crippen LogP contribution in [-0.2, 0) is 11.3 Å². The van der Waals surface area contributed by atoms with E-state index in [1.54, 1.807) is 0 Å². The third-order valence-electron chi connectivity index (χ3n) is 5.64. The van der Waals surface area contributed by atoms with E-state index >= 15 is 0 Å². The van der Waals surface area contributed by atoms with Crippen molar-refractivity contribution in [3.05, 3.63) is 48.3 Å². The lowest BCUT2D eigenvalue weighted by Crippen LogP contribution is -2.25. The smallest absolute Gasteiger partial charge is 0.0649 e. The van der Waals surface area contributed by atoms with Crippen LogP contribution in [0, 0.1) is 11.8 Å². The number of para-hydroxylation sites is 1. The lowest BCUT2D eigenvalue weighted by atomic mass is 9.82. The average molecular weight is 295 g/mol. The van der Waals surface area contributed by atoms with Gasteiger partial charge in [-0.15, -0.1) is 0 Å². The van der Waals surface area contributed by atoms with Crippen molar-refractivity contribution in [2.45, 2.75) is 31.6 Å². The first-order chi connectivity index (χ1) is 10.9. The van der Waals surface area contributed by atoms with Gasteiger partial charge in [0.05, 0.1) is 23.6 Å². The van der Waals surface area contributed by atoms with Crippen LogP contribution < -0.4 is 0 Å². The maximum absolute atomic E-state index is 6.07. The summed E-state index contributed by atoms with van der Waals surface area (Å²) in [5.41, 5.74) is 2.42. The molecule has 0 N–H and O–H groups in total. The highest BCUT2D eigenvalue weighted by Crippen LogP contribution is 2.47. The molecule has 114 valence electrons. The molecule has 22 heavy (non-hydrogen) atoms. The molecule has 3 aliphatic heterocycles. The number of aromatic nitrogens is 2. The van der Waals surface area contributed by atoms with Gasteiger partial charge in [-0.3, -0.25) is 4.90 Å². The topological polar surface area (TPSA) is 30.3 Å². The normalized spacial score (nSPS) is 33.5. The zero-order chi connectivity index (χ0) is 14.5. The van der Waals surface area contributed by atoms with E-state index in [1.807, 2.05) is 12.3 Å². The van der Waals surface area contributed by atoms with Crippen LogP contribution in [0.4, 0.5) is 0 Å². The fourth-order valence-corrected chi connectivity index (χ4v) is 4.66. The van der Waals surface area contributed by atoms with Crippen LogP contribution in [0.3, 0.4) is 0 Å². The molecule has 0 aliphatic carbocycles. The highest BCUT2D eigenvalue weighted by atomic mass is 16.5. The number of hydrogen-bond acceptors (Lipinski definition) is 3. The molecule has 3 fully saturated rings. The summed E-state index contributed by atoms with van der Waals surface area (Å²) in [6, 6.07) is 12.6. The van der Waals surface area contributed by atoms with E-state index in [9.17, 15) is 0 Å². The zero-order valence-electron chi connectivity index (χ0n) is 12.6. The van der Waals surface area contributed by atoms with Gasteiger partial charge in [0.2, 0.25) is 0 Å². The van der Waals surface area contributed by atoms with Gasteiger partial charge in [0.1, 0.15) is 0 Å². The molecule has 0 amide bonds. The Morgan fingerprint density at radius 3 is 2.45 bits per heavy atom. The molecule has 0 radical (unpaired) electrons. The van der Waals surface area contributed by atoms with Crippen LogP contribution in [-0.4, -0.2) is 40.0 Å². The molecule has 4 nitrogen and oxygen atoms in total. The van der Waals surface area contributed by atoms with E-state index in [0.717, 1.165) is 24.1 Å². The van der Waals surface area contributed by atoms with Gasteiger partial charge in [0.25, 0.3) is 0 Å². The van der Waals surface area contributed by atoms with E-state index < -0.39 is 0 Å². The summed E-state index contributed by atoms with van der Waals surface area (Å²) in [6.07, 6.45) is 5.55. The third kappa shape index (κ3) is 1.94. The number of ether oxygens (including phenoxy) is 1. The van der Waals surface area contributed by atoms with Gasteiger partial charge in [-0.05, 0) is 31.0 Å². The van der Waals surface area contributed by atoms with Crippen LogP contribution in [0.5, 0.6) is 0 Å². The van der Waals surface area contributed by atoms with Crippen LogP contribution in [0.2, 0.25) is 0 Å². The van der Waals surface area contributed by atoms with Crippen LogP contribution >= 0.6 is 0 Å². The minimum Gasteiger partial charge on any atom is -0.374 e. The summed E-state index contributed by atoms with van der Waals surface area (Å²) >= 11 is 0. The van der Waals surface area contributed by atoms with Crippen LogP contribution in [0.15, 0.2) is 42.6 Å². The summed E-state index contributed by atoms with van der Waals surface area (Å²) in [6.45, 7) is 3.36. The minimum absolute atomic E-state index is 0.541. The predicted octanol–water partition coefficient (Wildman–Crippen LogP) is 2.48. The summed E-state index contributed by atoms with van der Waals surface area (Å²) in [7, 11) is 0. The molecule has 0 spiro atoms. The molecule has 3 aliphatic rings. The van der Waals surface area contributed by atoms with Crippen molar-refractivity contribution in [3.63, 3.8) is 0 Å². The van der Waals surface area contributed by atoms with Crippen molar-refractivity contribution in [2.75, 3.05) is 13.1 Å². The highest BCUT2D eigenvalue weighted by Gasteiger charge is 2.52. The molecule has 4 heteroatoms. The maximum atomic E-state index is 6.07.